The summed E-state index contributed by atoms with van der Waals surface area (Å²) in [7, 11) is -1.92. The van der Waals surface area contributed by atoms with Crippen molar-refractivity contribution in [3.8, 4) is 0 Å². The third-order valence-electron chi connectivity index (χ3n) is 5.17. The van der Waals surface area contributed by atoms with Crippen LogP contribution in [0.2, 0.25) is 0 Å². The summed E-state index contributed by atoms with van der Waals surface area (Å²) >= 11 is 1.87. The van der Waals surface area contributed by atoms with Gasteiger partial charge in [-0.1, -0.05) is 18.9 Å². The minimum atomic E-state index is -3.58. The zero-order valence-corrected chi connectivity index (χ0v) is 16.2. The van der Waals surface area contributed by atoms with Gasteiger partial charge in [0.05, 0.1) is 4.90 Å². The van der Waals surface area contributed by atoms with E-state index in [1.165, 1.54) is 10.4 Å². The van der Waals surface area contributed by atoms with Gasteiger partial charge >= 0.3 is 0 Å². The highest BCUT2D eigenvalue weighted by Crippen LogP contribution is 2.26. The lowest BCUT2D eigenvalue weighted by atomic mass is 10.2. The van der Waals surface area contributed by atoms with Crippen molar-refractivity contribution >= 4 is 27.7 Å². The molecule has 1 amide bonds. The van der Waals surface area contributed by atoms with Crippen molar-refractivity contribution < 1.29 is 13.2 Å². The summed E-state index contributed by atoms with van der Waals surface area (Å²) in [4.78, 5) is 12.6. The van der Waals surface area contributed by atoms with Gasteiger partial charge in [-0.05, 0) is 55.4 Å². The summed E-state index contributed by atoms with van der Waals surface area (Å²) < 4.78 is 27.4. The van der Waals surface area contributed by atoms with E-state index in [-0.39, 0.29) is 22.9 Å². The number of benzene rings is 1. The molecule has 1 heterocycles. The van der Waals surface area contributed by atoms with Crippen LogP contribution in [0.4, 0.5) is 0 Å². The Kier molecular flexibility index (Phi) is 6.07. The molecule has 1 aromatic rings. The average molecular weight is 383 g/mol. The number of nitrogens with zero attached hydrogens (tertiary/aromatic N) is 1. The van der Waals surface area contributed by atoms with Gasteiger partial charge in [0.1, 0.15) is 0 Å². The van der Waals surface area contributed by atoms with Crippen molar-refractivity contribution in [3.63, 3.8) is 0 Å². The Balaban J connectivity index is 1.75. The number of thioether (sulfide) groups is 1. The summed E-state index contributed by atoms with van der Waals surface area (Å²) in [6.45, 7) is 0. The molecule has 0 atom stereocenters. The van der Waals surface area contributed by atoms with E-state index in [1.54, 1.807) is 25.2 Å². The van der Waals surface area contributed by atoms with E-state index in [2.05, 4.69) is 5.32 Å². The van der Waals surface area contributed by atoms with Crippen molar-refractivity contribution in [2.45, 2.75) is 55.5 Å². The summed E-state index contributed by atoms with van der Waals surface area (Å²) in [5.74, 6) is 1.81. The maximum absolute atomic E-state index is 12.9. The first-order chi connectivity index (χ1) is 12.0. The first-order valence-electron chi connectivity index (χ1n) is 8.95. The zero-order chi connectivity index (χ0) is 17.9. The first-order valence-corrected chi connectivity index (χ1v) is 11.5. The van der Waals surface area contributed by atoms with Crippen LogP contribution in [0.5, 0.6) is 0 Å². The molecule has 1 saturated heterocycles. The maximum atomic E-state index is 12.9. The largest absolute Gasteiger partial charge is 0.349 e. The quantitative estimate of drug-likeness (QED) is 0.850. The SMILES string of the molecule is CN(C1CCSCC1)S(=O)(=O)c1cccc(C(=O)NC2CCCC2)c1. The van der Waals surface area contributed by atoms with Crippen LogP contribution in [0.25, 0.3) is 0 Å². The maximum Gasteiger partial charge on any atom is 0.251 e. The van der Waals surface area contributed by atoms with Gasteiger partial charge in [-0.3, -0.25) is 4.79 Å². The van der Waals surface area contributed by atoms with E-state index in [0.717, 1.165) is 50.0 Å². The lowest BCUT2D eigenvalue weighted by Gasteiger charge is -2.30. The molecule has 1 saturated carbocycles. The first kappa shape index (κ1) is 18.7. The number of hydrogen-bond donors (Lipinski definition) is 1. The fourth-order valence-electron chi connectivity index (χ4n) is 3.55. The molecule has 25 heavy (non-hydrogen) atoms. The van der Waals surface area contributed by atoms with Gasteiger partial charge in [0.15, 0.2) is 0 Å². The Morgan fingerprint density at radius 2 is 1.84 bits per heavy atom. The minimum Gasteiger partial charge on any atom is -0.349 e. The molecule has 0 aromatic heterocycles. The molecule has 1 aromatic carbocycles. The van der Waals surface area contributed by atoms with Crippen LogP contribution in [0.3, 0.4) is 0 Å². The molecule has 0 unspecified atom stereocenters. The number of carbonyl (C=O) groups excluding carboxylic acids is 1. The Morgan fingerprint density at radius 3 is 2.52 bits per heavy atom. The van der Waals surface area contributed by atoms with Crippen molar-refractivity contribution in [1.82, 2.24) is 9.62 Å². The molecule has 0 bridgehead atoms. The molecule has 3 rings (SSSR count). The monoisotopic (exact) mass is 382 g/mol. The summed E-state index contributed by atoms with van der Waals surface area (Å²) in [6.07, 6.45) is 6.05. The third-order valence-corrected chi connectivity index (χ3v) is 8.12. The van der Waals surface area contributed by atoms with Crippen LogP contribution >= 0.6 is 11.8 Å². The Labute approximate surface area is 154 Å². The molecule has 1 aliphatic carbocycles. The van der Waals surface area contributed by atoms with E-state index >= 15 is 0 Å². The van der Waals surface area contributed by atoms with E-state index in [1.807, 2.05) is 11.8 Å². The van der Waals surface area contributed by atoms with E-state index in [4.69, 9.17) is 0 Å². The molecule has 1 N–H and O–H groups in total. The number of rotatable bonds is 5. The molecular formula is C18H26N2O3S2. The fourth-order valence-corrected chi connectivity index (χ4v) is 6.09. The lowest BCUT2D eigenvalue weighted by molar-refractivity contribution is 0.0937. The van der Waals surface area contributed by atoms with Gasteiger partial charge in [-0.25, -0.2) is 8.42 Å². The van der Waals surface area contributed by atoms with E-state index in [9.17, 15) is 13.2 Å². The Bertz CT molecular complexity index is 709. The number of hydrogen-bond acceptors (Lipinski definition) is 4. The second-order valence-corrected chi connectivity index (χ2v) is 10.1. The van der Waals surface area contributed by atoms with Crippen molar-refractivity contribution in [2.24, 2.45) is 0 Å². The molecule has 5 nitrogen and oxygen atoms in total. The highest BCUT2D eigenvalue weighted by molar-refractivity contribution is 7.99. The van der Waals surface area contributed by atoms with Crippen molar-refractivity contribution in [3.05, 3.63) is 29.8 Å². The van der Waals surface area contributed by atoms with E-state index < -0.39 is 10.0 Å². The highest BCUT2D eigenvalue weighted by atomic mass is 32.2. The van der Waals surface area contributed by atoms with E-state index in [0.29, 0.717) is 5.56 Å². The molecule has 2 fully saturated rings. The summed E-state index contributed by atoms with van der Waals surface area (Å²) in [6, 6.07) is 6.68. The fraction of sp³-hybridized carbons (Fsp3) is 0.611. The lowest BCUT2D eigenvalue weighted by Crippen LogP contribution is -2.39. The summed E-state index contributed by atoms with van der Waals surface area (Å²) in [5.41, 5.74) is 0.417. The molecule has 138 valence electrons. The van der Waals surface area contributed by atoms with Crippen LogP contribution < -0.4 is 5.32 Å². The van der Waals surface area contributed by atoms with Gasteiger partial charge in [-0.15, -0.1) is 0 Å². The average Bonchev–Trinajstić information content (AvgIpc) is 3.15. The number of amides is 1. The predicted molar refractivity (Wildman–Crippen MR) is 101 cm³/mol. The van der Waals surface area contributed by atoms with Crippen LogP contribution in [0.1, 0.15) is 48.9 Å². The normalized spacial score (nSPS) is 20.1. The number of sulfonamides is 1. The Morgan fingerprint density at radius 1 is 1.16 bits per heavy atom. The van der Waals surface area contributed by atoms with Crippen LogP contribution in [0.15, 0.2) is 29.2 Å². The van der Waals surface area contributed by atoms with Gasteiger partial charge in [0, 0.05) is 24.7 Å². The van der Waals surface area contributed by atoms with Crippen LogP contribution in [-0.2, 0) is 10.0 Å². The molecule has 1 aliphatic heterocycles. The highest BCUT2D eigenvalue weighted by Gasteiger charge is 2.29. The second-order valence-electron chi connectivity index (χ2n) is 6.85. The second kappa shape index (κ2) is 8.10. The minimum absolute atomic E-state index is 0.0437. The topological polar surface area (TPSA) is 66.5 Å². The van der Waals surface area contributed by atoms with Crippen molar-refractivity contribution in [1.29, 1.82) is 0 Å². The molecular weight excluding hydrogens is 356 g/mol. The molecule has 2 aliphatic rings. The molecule has 0 spiro atoms. The van der Waals surface area contributed by atoms with Crippen LogP contribution in [0, 0.1) is 0 Å². The number of nitrogens with one attached hydrogen (secondary N) is 1. The van der Waals surface area contributed by atoms with Gasteiger partial charge in [-0.2, -0.15) is 16.1 Å². The number of carbonyl (C=O) groups is 1. The van der Waals surface area contributed by atoms with Gasteiger partial charge in [0.2, 0.25) is 10.0 Å². The predicted octanol–water partition coefficient (Wildman–Crippen LogP) is 2.88. The molecule has 0 radical (unpaired) electrons. The van der Waals surface area contributed by atoms with Crippen molar-refractivity contribution in [2.75, 3.05) is 18.6 Å². The summed E-state index contributed by atoms with van der Waals surface area (Å²) in [5, 5.41) is 3.02. The molecule has 7 heteroatoms. The standard InChI is InChI=1S/C18H26N2O3S2/c1-20(16-9-11-24-12-10-16)25(22,23)17-8-4-5-14(13-17)18(21)19-15-6-2-3-7-15/h4-5,8,13,15-16H,2-3,6-7,9-12H2,1H3,(H,19,21). The van der Waals surface area contributed by atoms with Crippen LogP contribution in [-0.4, -0.2) is 49.3 Å². The van der Waals surface area contributed by atoms with Gasteiger partial charge < -0.3 is 5.32 Å². The smallest absolute Gasteiger partial charge is 0.251 e. The zero-order valence-electron chi connectivity index (χ0n) is 14.6. The Hall–Kier alpha value is -1.05. The third kappa shape index (κ3) is 4.38. The van der Waals surface area contributed by atoms with Gasteiger partial charge in [0.25, 0.3) is 5.91 Å².